The average Bonchev–Trinajstić information content (AvgIpc) is 3.65. The number of pyridine rings is 2. The highest BCUT2D eigenvalue weighted by atomic mass is 19.4. The van der Waals surface area contributed by atoms with Crippen LogP contribution in [0.2, 0.25) is 0 Å². The Morgan fingerprint density at radius 1 is 1.05 bits per heavy atom. The first-order valence-electron chi connectivity index (χ1n) is 13.4. The van der Waals surface area contributed by atoms with E-state index in [1.165, 1.54) is 18.5 Å². The summed E-state index contributed by atoms with van der Waals surface area (Å²) in [6.45, 7) is 8.34. The van der Waals surface area contributed by atoms with Gasteiger partial charge in [-0.1, -0.05) is 32.1 Å². The Bertz CT molecular complexity index is 1840. The molecule has 4 aromatic rings. The molecule has 218 valence electrons. The molecular weight excluding hydrogens is 557 g/mol. The fourth-order valence-corrected chi connectivity index (χ4v) is 4.90. The summed E-state index contributed by atoms with van der Waals surface area (Å²) < 4.78 is 42.5. The van der Waals surface area contributed by atoms with Gasteiger partial charge >= 0.3 is 6.18 Å². The highest BCUT2D eigenvalue weighted by Gasteiger charge is 2.66. The zero-order valence-electron chi connectivity index (χ0n) is 23.9. The second kappa shape index (κ2) is 10.6. The van der Waals surface area contributed by atoms with Crippen LogP contribution in [0.25, 0.3) is 10.9 Å². The molecule has 3 aromatic heterocycles. The lowest BCUT2D eigenvalue weighted by molar-refractivity contribution is -0.182. The molecule has 0 bridgehead atoms. The molecule has 1 aliphatic carbocycles. The Kier molecular flexibility index (Phi) is 7.19. The van der Waals surface area contributed by atoms with Crippen molar-refractivity contribution < 1.29 is 13.2 Å². The van der Waals surface area contributed by atoms with Crippen LogP contribution in [0.1, 0.15) is 73.4 Å². The van der Waals surface area contributed by atoms with Crippen LogP contribution in [0.4, 0.5) is 24.5 Å². The summed E-state index contributed by atoms with van der Waals surface area (Å²) in [5, 5.41) is 44.3. The van der Waals surface area contributed by atoms with Crippen LogP contribution in [-0.2, 0) is 5.54 Å². The minimum Gasteiger partial charge on any atom is -0.383 e. The van der Waals surface area contributed by atoms with Crippen molar-refractivity contribution in [1.82, 2.24) is 25.0 Å². The number of hydrogen-bond donors (Lipinski definition) is 2. The average molecular weight is 585 g/mol. The zero-order valence-corrected chi connectivity index (χ0v) is 23.9. The van der Waals surface area contributed by atoms with E-state index in [1.807, 2.05) is 26.8 Å². The van der Waals surface area contributed by atoms with E-state index in [0.29, 0.717) is 45.6 Å². The van der Waals surface area contributed by atoms with Crippen molar-refractivity contribution >= 4 is 22.3 Å². The summed E-state index contributed by atoms with van der Waals surface area (Å²) in [7, 11) is 0. The first kappa shape index (κ1) is 29.3. The molecular formula is C30H27F3N10. The minimum absolute atomic E-state index is 0.0936. The highest BCUT2D eigenvalue weighted by Crippen LogP contribution is 2.55. The SMILES string of the molecule is Cc1nc(C#N)ccc1[C@H](Nc1cc(C#N)c2ncc(C#N)c(NCC(C)(C)C)c2c1)c1cn(C2(C(F)(F)F)CC2)nn1. The maximum atomic E-state index is 13.9. The molecule has 43 heavy (non-hydrogen) atoms. The number of alkyl halides is 3. The largest absolute Gasteiger partial charge is 0.413 e. The second-order valence-corrected chi connectivity index (χ2v) is 11.8. The zero-order chi connectivity index (χ0) is 31.2. The number of hydrogen-bond acceptors (Lipinski definition) is 9. The maximum absolute atomic E-state index is 13.9. The third kappa shape index (κ3) is 5.52. The first-order chi connectivity index (χ1) is 20.3. The van der Waals surface area contributed by atoms with Crippen LogP contribution >= 0.6 is 0 Å². The van der Waals surface area contributed by atoms with E-state index in [2.05, 4.69) is 43.1 Å². The molecule has 1 aliphatic rings. The molecule has 5 rings (SSSR count). The first-order valence-corrected chi connectivity index (χ1v) is 13.4. The molecule has 1 atom stereocenters. The molecule has 13 heteroatoms. The summed E-state index contributed by atoms with van der Waals surface area (Å²) in [5.74, 6) is 0. The topological polar surface area (TPSA) is 152 Å². The number of rotatable bonds is 7. The predicted molar refractivity (Wildman–Crippen MR) is 152 cm³/mol. The predicted octanol–water partition coefficient (Wildman–Crippen LogP) is 5.86. The fourth-order valence-electron chi connectivity index (χ4n) is 4.90. The fraction of sp³-hybridized carbons (Fsp3) is 0.367. The number of aryl methyl sites for hydroxylation is 1. The molecule has 0 unspecified atom stereocenters. The van der Waals surface area contributed by atoms with E-state index in [4.69, 9.17) is 0 Å². The quantitative estimate of drug-likeness (QED) is 0.272. The Balaban J connectivity index is 1.65. The minimum atomic E-state index is -4.49. The summed E-state index contributed by atoms with van der Waals surface area (Å²) in [5.41, 5.74) is 1.04. The molecule has 10 nitrogen and oxygen atoms in total. The van der Waals surface area contributed by atoms with E-state index < -0.39 is 17.8 Å². The van der Waals surface area contributed by atoms with Gasteiger partial charge in [0.1, 0.15) is 29.6 Å². The molecule has 0 amide bonds. The van der Waals surface area contributed by atoms with Crippen LogP contribution in [0.15, 0.2) is 36.7 Å². The van der Waals surface area contributed by atoms with E-state index >= 15 is 0 Å². The number of nitriles is 3. The van der Waals surface area contributed by atoms with Gasteiger partial charge in [0.05, 0.1) is 34.6 Å². The smallest absolute Gasteiger partial charge is 0.383 e. The monoisotopic (exact) mass is 584 g/mol. The van der Waals surface area contributed by atoms with Gasteiger partial charge in [0, 0.05) is 35.1 Å². The van der Waals surface area contributed by atoms with Gasteiger partial charge < -0.3 is 10.6 Å². The molecule has 0 saturated heterocycles. The lowest BCUT2D eigenvalue weighted by Gasteiger charge is -2.23. The Hall–Kier alpha value is -5.22. The van der Waals surface area contributed by atoms with E-state index in [0.717, 1.165) is 4.68 Å². The van der Waals surface area contributed by atoms with E-state index in [1.54, 1.807) is 25.1 Å². The molecule has 1 saturated carbocycles. The Labute approximate surface area is 245 Å². The third-order valence-corrected chi connectivity index (χ3v) is 7.37. The number of halogens is 3. The van der Waals surface area contributed by atoms with Crippen molar-refractivity contribution in [3.63, 3.8) is 0 Å². The molecule has 1 fully saturated rings. The summed E-state index contributed by atoms with van der Waals surface area (Å²) in [6, 6.07) is 11.9. The van der Waals surface area contributed by atoms with Crippen LogP contribution in [0, 0.1) is 46.3 Å². The van der Waals surface area contributed by atoms with E-state index in [9.17, 15) is 29.0 Å². The van der Waals surface area contributed by atoms with Crippen molar-refractivity contribution in [3.05, 3.63) is 70.4 Å². The van der Waals surface area contributed by atoms with Crippen molar-refractivity contribution in [1.29, 1.82) is 15.8 Å². The number of nitrogens with one attached hydrogen (secondary N) is 2. The number of aromatic nitrogens is 5. The van der Waals surface area contributed by atoms with E-state index in [-0.39, 0.29) is 35.2 Å². The summed E-state index contributed by atoms with van der Waals surface area (Å²) >= 11 is 0. The van der Waals surface area contributed by atoms with Gasteiger partial charge in [-0.25, -0.2) is 9.67 Å². The normalized spacial score (nSPS) is 14.8. The van der Waals surface area contributed by atoms with Gasteiger partial charge in [0.2, 0.25) is 0 Å². The molecule has 2 N–H and O–H groups in total. The number of nitrogens with zero attached hydrogens (tertiary/aromatic N) is 8. The second-order valence-electron chi connectivity index (χ2n) is 11.8. The van der Waals surface area contributed by atoms with Crippen LogP contribution in [0.3, 0.4) is 0 Å². The molecule has 0 radical (unpaired) electrons. The molecule has 0 aliphatic heterocycles. The van der Waals surface area contributed by atoms with Crippen LogP contribution < -0.4 is 10.6 Å². The van der Waals surface area contributed by atoms with Crippen molar-refractivity contribution in [2.75, 3.05) is 17.2 Å². The standard InChI is InChI=1S/C30H27F3N10/c1-17-22(6-5-20(13-36)39-17)27(24-15-43(42-41-24)29(7-8-29)30(31,32)33)40-21-9-18(11-34)25-23(10-21)26(19(12-35)14-37-25)38-16-28(2,3)4/h5-6,9-10,14-15,27,40H,7-8,16H2,1-4H3,(H,37,38)/t27-/m0/s1. The van der Waals surface area contributed by atoms with Crippen LogP contribution in [-0.4, -0.2) is 37.7 Å². The van der Waals surface area contributed by atoms with Gasteiger partial charge in [-0.05, 0) is 43.4 Å². The van der Waals surface area contributed by atoms with Gasteiger partial charge in [-0.2, -0.15) is 29.0 Å². The Morgan fingerprint density at radius 3 is 2.35 bits per heavy atom. The number of benzene rings is 1. The van der Waals surface area contributed by atoms with Gasteiger partial charge in [-0.15, -0.1) is 5.10 Å². The van der Waals surface area contributed by atoms with Crippen molar-refractivity contribution in [2.24, 2.45) is 5.41 Å². The summed E-state index contributed by atoms with van der Waals surface area (Å²) in [4.78, 5) is 8.68. The molecule has 0 spiro atoms. The lowest BCUT2D eigenvalue weighted by atomic mass is 9.96. The number of fused-ring (bicyclic) bond motifs is 1. The van der Waals surface area contributed by atoms with Crippen LogP contribution in [0.5, 0.6) is 0 Å². The van der Waals surface area contributed by atoms with Crippen molar-refractivity contribution in [2.45, 2.75) is 58.3 Å². The highest BCUT2D eigenvalue weighted by molar-refractivity contribution is 5.99. The number of anilines is 2. The van der Waals surface area contributed by atoms with Gasteiger partial charge in [0.25, 0.3) is 0 Å². The molecule has 3 heterocycles. The van der Waals surface area contributed by atoms with Crippen molar-refractivity contribution in [3.8, 4) is 18.2 Å². The lowest BCUT2D eigenvalue weighted by Crippen LogP contribution is -2.35. The maximum Gasteiger partial charge on any atom is 0.413 e. The summed E-state index contributed by atoms with van der Waals surface area (Å²) in [6.07, 6.45) is -1.99. The third-order valence-electron chi connectivity index (χ3n) is 7.37. The van der Waals surface area contributed by atoms with Gasteiger partial charge in [-0.3, -0.25) is 4.98 Å². The Morgan fingerprint density at radius 2 is 1.77 bits per heavy atom. The van der Waals surface area contributed by atoms with Gasteiger partial charge in [0.15, 0.2) is 5.54 Å². The molecule has 1 aromatic carbocycles.